The van der Waals surface area contributed by atoms with Gasteiger partial charge in [0.25, 0.3) is 5.56 Å². The summed E-state index contributed by atoms with van der Waals surface area (Å²) in [5, 5.41) is 4.28. The zero-order chi connectivity index (χ0) is 22.5. The lowest BCUT2D eigenvalue weighted by molar-refractivity contribution is -0.148. The van der Waals surface area contributed by atoms with Gasteiger partial charge in [-0.05, 0) is 67.6 Å². The summed E-state index contributed by atoms with van der Waals surface area (Å²) in [5.41, 5.74) is 3.32. The molecular formula is C25H29N3O4. The standard InChI is InChI=1S/C25H29N3O4/c1-3-32-25(30)18-5-4-12-28(16-18)21-9-7-20(8-10-21)26-15-19-13-17-6-11-22(31-2)14-23(17)27-24(19)29/h6-11,13-14,18,26H,3-5,12,15-16H2,1-2H3,(H,27,29). The first kappa shape index (κ1) is 21.7. The molecule has 0 aliphatic carbocycles. The molecule has 0 bridgehead atoms. The molecule has 168 valence electrons. The summed E-state index contributed by atoms with van der Waals surface area (Å²) in [6.45, 7) is 4.30. The lowest BCUT2D eigenvalue weighted by Crippen LogP contribution is -2.39. The van der Waals surface area contributed by atoms with Gasteiger partial charge in [0.05, 0.1) is 25.2 Å². The SMILES string of the molecule is CCOC(=O)C1CCCN(c2ccc(NCc3cc4ccc(OC)cc4[nH]c3=O)cc2)C1. The molecule has 1 aliphatic heterocycles. The predicted octanol–water partition coefficient (Wildman–Crippen LogP) is 3.93. The van der Waals surface area contributed by atoms with E-state index in [0.29, 0.717) is 31.0 Å². The van der Waals surface area contributed by atoms with Gasteiger partial charge in [-0.2, -0.15) is 0 Å². The molecule has 0 radical (unpaired) electrons. The van der Waals surface area contributed by atoms with Crippen LogP contribution in [0.5, 0.6) is 5.75 Å². The number of esters is 1. The third-order valence-electron chi connectivity index (χ3n) is 5.89. The van der Waals surface area contributed by atoms with Crippen LogP contribution in [-0.2, 0) is 16.1 Å². The fourth-order valence-corrected chi connectivity index (χ4v) is 4.14. The summed E-state index contributed by atoms with van der Waals surface area (Å²) in [5.74, 6) is 0.539. The van der Waals surface area contributed by atoms with E-state index >= 15 is 0 Å². The van der Waals surface area contributed by atoms with Crippen LogP contribution < -0.4 is 20.5 Å². The summed E-state index contributed by atoms with van der Waals surface area (Å²) in [7, 11) is 1.60. The van der Waals surface area contributed by atoms with Crippen LogP contribution in [0.25, 0.3) is 10.9 Å². The van der Waals surface area contributed by atoms with E-state index in [0.717, 1.165) is 41.7 Å². The Morgan fingerprint density at radius 3 is 2.75 bits per heavy atom. The van der Waals surface area contributed by atoms with E-state index in [2.05, 4.69) is 15.2 Å². The second-order valence-electron chi connectivity index (χ2n) is 8.01. The number of methoxy groups -OCH3 is 1. The van der Waals surface area contributed by atoms with E-state index < -0.39 is 0 Å². The van der Waals surface area contributed by atoms with Crippen LogP contribution in [0, 0.1) is 5.92 Å². The Morgan fingerprint density at radius 1 is 1.19 bits per heavy atom. The van der Waals surface area contributed by atoms with E-state index in [4.69, 9.17) is 9.47 Å². The first-order valence-electron chi connectivity index (χ1n) is 11.0. The highest BCUT2D eigenvalue weighted by Gasteiger charge is 2.26. The van der Waals surface area contributed by atoms with Gasteiger partial charge in [0.2, 0.25) is 0 Å². The average molecular weight is 436 g/mol. The minimum absolute atomic E-state index is 0.0684. The molecule has 0 amide bonds. The molecule has 1 aliphatic rings. The molecule has 1 unspecified atom stereocenters. The Bertz CT molecular complexity index is 1140. The smallest absolute Gasteiger partial charge is 0.310 e. The topological polar surface area (TPSA) is 83.7 Å². The van der Waals surface area contributed by atoms with E-state index in [-0.39, 0.29) is 17.4 Å². The van der Waals surface area contributed by atoms with Gasteiger partial charge in [-0.15, -0.1) is 0 Å². The van der Waals surface area contributed by atoms with Gasteiger partial charge in [0.15, 0.2) is 0 Å². The molecule has 32 heavy (non-hydrogen) atoms. The molecule has 4 rings (SSSR count). The summed E-state index contributed by atoms with van der Waals surface area (Å²) >= 11 is 0. The van der Waals surface area contributed by atoms with Gasteiger partial charge in [0, 0.05) is 42.6 Å². The Hall–Kier alpha value is -3.48. The summed E-state index contributed by atoms with van der Waals surface area (Å²) < 4.78 is 10.4. The number of aromatic amines is 1. The number of anilines is 2. The average Bonchev–Trinajstić information content (AvgIpc) is 2.83. The number of hydrogen-bond donors (Lipinski definition) is 2. The third-order valence-corrected chi connectivity index (χ3v) is 5.89. The number of fused-ring (bicyclic) bond motifs is 1. The van der Waals surface area contributed by atoms with Crippen LogP contribution in [0.1, 0.15) is 25.3 Å². The summed E-state index contributed by atoms with van der Waals surface area (Å²) in [6, 6.07) is 15.6. The quantitative estimate of drug-likeness (QED) is 0.547. The number of pyridine rings is 1. The van der Waals surface area contributed by atoms with Gasteiger partial charge in [0.1, 0.15) is 5.75 Å². The highest BCUT2D eigenvalue weighted by molar-refractivity contribution is 5.80. The zero-order valence-corrected chi connectivity index (χ0v) is 18.5. The van der Waals surface area contributed by atoms with Crippen LogP contribution in [0.4, 0.5) is 11.4 Å². The van der Waals surface area contributed by atoms with Gasteiger partial charge in [-0.25, -0.2) is 0 Å². The number of ether oxygens (including phenoxy) is 2. The molecule has 0 spiro atoms. The van der Waals surface area contributed by atoms with Crippen LogP contribution in [0.15, 0.2) is 53.3 Å². The van der Waals surface area contributed by atoms with Gasteiger partial charge in [-0.3, -0.25) is 9.59 Å². The second-order valence-corrected chi connectivity index (χ2v) is 8.01. The Kier molecular flexibility index (Phi) is 6.63. The van der Waals surface area contributed by atoms with Crippen molar-refractivity contribution in [2.75, 3.05) is 37.0 Å². The normalized spacial score (nSPS) is 16.1. The van der Waals surface area contributed by atoms with Crippen LogP contribution in [-0.4, -0.2) is 37.8 Å². The van der Waals surface area contributed by atoms with Crippen molar-refractivity contribution in [3.05, 3.63) is 64.4 Å². The van der Waals surface area contributed by atoms with Crippen LogP contribution in [0.2, 0.25) is 0 Å². The maximum Gasteiger partial charge on any atom is 0.310 e. The van der Waals surface area contributed by atoms with Crippen LogP contribution >= 0.6 is 0 Å². The Labute approximate surface area is 187 Å². The first-order valence-corrected chi connectivity index (χ1v) is 11.0. The molecular weight excluding hydrogens is 406 g/mol. The largest absolute Gasteiger partial charge is 0.497 e. The lowest BCUT2D eigenvalue weighted by Gasteiger charge is -2.33. The molecule has 2 N–H and O–H groups in total. The van der Waals surface area contributed by atoms with E-state index in [1.54, 1.807) is 7.11 Å². The molecule has 2 heterocycles. The molecule has 2 aromatic carbocycles. The van der Waals surface area contributed by atoms with Crippen molar-refractivity contribution in [3.63, 3.8) is 0 Å². The number of carbonyl (C=O) groups is 1. The predicted molar refractivity (Wildman–Crippen MR) is 126 cm³/mol. The van der Waals surface area contributed by atoms with Crippen molar-refractivity contribution in [1.82, 2.24) is 4.98 Å². The Morgan fingerprint density at radius 2 is 2.00 bits per heavy atom. The molecule has 0 saturated carbocycles. The highest BCUT2D eigenvalue weighted by atomic mass is 16.5. The molecule has 1 saturated heterocycles. The molecule has 7 nitrogen and oxygen atoms in total. The number of hydrogen-bond acceptors (Lipinski definition) is 6. The minimum Gasteiger partial charge on any atom is -0.497 e. The second kappa shape index (κ2) is 9.77. The van der Waals surface area contributed by atoms with Crippen molar-refractivity contribution in [2.24, 2.45) is 5.92 Å². The van der Waals surface area contributed by atoms with Crippen molar-refractivity contribution in [1.29, 1.82) is 0 Å². The van der Waals surface area contributed by atoms with Gasteiger partial charge >= 0.3 is 5.97 Å². The summed E-state index contributed by atoms with van der Waals surface area (Å²) in [4.78, 5) is 29.7. The van der Waals surface area contributed by atoms with Crippen LogP contribution in [0.3, 0.4) is 0 Å². The van der Waals surface area contributed by atoms with Gasteiger partial charge in [-0.1, -0.05) is 0 Å². The number of carbonyl (C=O) groups excluding carboxylic acids is 1. The third kappa shape index (κ3) is 4.88. The fourth-order valence-electron chi connectivity index (χ4n) is 4.14. The molecule has 3 aromatic rings. The number of nitrogens with zero attached hydrogens (tertiary/aromatic N) is 1. The maximum absolute atomic E-state index is 12.5. The minimum atomic E-state index is -0.117. The number of rotatable bonds is 7. The fraction of sp³-hybridized carbons (Fsp3) is 0.360. The number of aromatic nitrogens is 1. The summed E-state index contributed by atoms with van der Waals surface area (Å²) in [6.07, 6.45) is 1.85. The number of piperidine rings is 1. The number of nitrogens with one attached hydrogen (secondary N) is 2. The van der Waals surface area contributed by atoms with Crippen molar-refractivity contribution < 1.29 is 14.3 Å². The van der Waals surface area contributed by atoms with E-state index in [1.165, 1.54) is 0 Å². The van der Waals surface area contributed by atoms with Crippen molar-refractivity contribution >= 4 is 28.2 Å². The first-order chi connectivity index (χ1) is 15.6. The molecule has 1 atom stereocenters. The van der Waals surface area contributed by atoms with Gasteiger partial charge < -0.3 is 24.7 Å². The number of H-pyrrole nitrogens is 1. The Balaban J connectivity index is 1.40. The zero-order valence-electron chi connectivity index (χ0n) is 18.5. The highest BCUT2D eigenvalue weighted by Crippen LogP contribution is 2.25. The molecule has 1 aromatic heterocycles. The monoisotopic (exact) mass is 435 g/mol. The lowest BCUT2D eigenvalue weighted by atomic mass is 9.97. The number of benzene rings is 2. The van der Waals surface area contributed by atoms with E-state index in [1.807, 2.05) is 55.5 Å². The van der Waals surface area contributed by atoms with E-state index in [9.17, 15) is 9.59 Å². The van der Waals surface area contributed by atoms with Crippen molar-refractivity contribution in [2.45, 2.75) is 26.3 Å². The molecule has 7 heteroatoms. The molecule has 1 fully saturated rings. The maximum atomic E-state index is 12.5. The van der Waals surface area contributed by atoms with Crippen molar-refractivity contribution in [3.8, 4) is 5.75 Å².